The zero-order chi connectivity index (χ0) is 19.4. The fourth-order valence-corrected chi connectivity index (χ4v) is 3.09. The topological polar surface area (TPSA) is 29.5 Å². The van der Waals surface area contributed by atoms with E-state index in [1.165, 1.54) is 0 Å². The number of hydrogen-bond acceptors (Lipinski definition) is 2. The average molecular weight is 373 g/mol. The van der Waals surface area contributed by atoms with E-state index in [4.69, 9.17) is 4.74 Å². The highest BCUT2D eigenvalue weighted by Crippen LogP contribution is 2.12. The molecule has 0 N–H and O–H groups in total. The molecule has 0 spiro atoms. The highest BCUT2D eigenvalue weighted by molar-refractivity contribution is 5.76. The zero-order valence-corrected chi connectivity index (χ0v) is 16.2. The molecule has 0 aliphatic heterocycles. The highest BCUT2D eigenvalue weighted by atomic mass is 16.5. The van der Waals surface area contributed by atoms with Crippen LogP contribution >= 0.6 is 0 Å². The smallest absolute Gasteiger partial charge is 0.223 e. The predicted molar refractivity (Wildman–Crippen MR) is 112 cm³/mol. The summed E-state index contributed by atoms with van der Waals surface area (Å²) in [7, 11) is 0. The van der Waals surface area contributed by atoms with Gasteiger partial charge in [0.15, 0.2) is 0 Å². The lowest BCUT2D eigenvalue weighted by Gasteiger charge is -2.23. The van der Waals surface area contributed by atoms with Crippen molar-refractivity contribution < 1.29 is 9.53 Å². The van der Waals surface area contributed by atoms with Crippen molar-refractivity contribution in [3.05, 3.63) is 108 Å². The third kappa shape index (κ3) is 6.67. The summed E-state index contributed by atoms with van der Waals surface area (Å²) < 4.78 is 5.72. The molecule has 0 atom stereocenters. The molecule has 0 saturated heterocycles. The van der Waals surface area contributed by atoms with Crippen LogP contribution in [0.2, 0.25) is 0 Å². The maximum atomic E-state index is 12.9. The molecule has 0 bridgehead atoms. The van der Waals surface area contributed by atoms with Crippen LogP contribution in [0.5, 0.6) is 0 Å². The van der Waals surface area contributed by atoms with Gasteiger partial charge in [-0.3, -0.25) is 4.79 Å². The second kappa shape index (κ2) is 11.1. The maximum Gasteiger partial charge on any atom is 0.223 e. The molecule has 3 rings (SSSR count). The fraction of sp³-hybridized carbons (Fsp3) is 0.240. The molecule has 0 heterocycles. The quantitative estimate of drug-likeness (QED) is 0.457. The van der Waals surface area contributed by atoms with Crippen molar-refractivity contribution in [2.24, 2.45) is 0 Å². The summed E-state index contributed by atoms with van der Waals surface area (Å²) in [6.07, 6.45) is 1.22. The van der Waals surface area contributed by atoms with Crippen LogP contribution in [0.3, 0.4) is 0 Å². The summed E-state index contributed by atoms with van der Waals surface area (Å²) in [6.45, 7) is 2.43. The van der Waals surface area contributed by atoms with Gasteiger partial charge in [0, 0.05) is 26.1 Å². The highest BCUT2D eigenvalue weighted by Gasteiger charge is 2.14. The number of hydrogen-bond donors (Lipinski definition) is 0. The number of rotatable bonds is 10. The van der Waals surface area contributed by atoms with Crippen molar-refractivity contribution in [1.82, 2.24) is 4.90 Å². The van der Waals surface area contributed by atoms with Crippen LogP contribution in [0.15, 0.2) is 91.0 Å². The fourth-order valence-electron chi connectivity index (χ4n) is 3.09. The first kappa shape index (κ1) is 19.8. The summed E-state index contributed by atoms with van der Waals surface area (Å²) in [5.41, 5.74) is 3.45. The van der Waals surface area contributed by atoms with Gasteiger partial charge in [0.05, 0.1) is 6.61 Å². The number of benzene rings is 3. The Balaban J connectivity index is 1.50. The number of carbonyl (C=O) groups is 1. The molecule has 0 aliphatic rings. The van der Waals surface area contributed by atoms with E-state index < -0.39 is 0 Å². The molecule has 144 valence electrons. The minimum absolute atomic E-state index is 0.163. The second-order valence-electron chi connectivity index (χ2n) is 6.86. The summed E-state index contributed by atoms with van der Waals surface area (Å²) in [4.78, 5) is 14.8. The van der Waals surface area contributed by atoms with Gasteiger partial charge in [-0.2, -0.15) is 0 Å². The molecule has 3 aromatic rings. The van der Waals surface area contributed by atoms with Gasteiger partial charge in [-0.1, -0.05) is 91.0 Å². The van der Waals surface area contributed by atoms with Crippen LogP contribution in [-0.2, 0) is 29.2 Å². The molecule has 28 heavy (non-hydrogen) atoms. The van der Waals surface area contributed by atoms with Crippen molar-refractivity contribution in [2.45, 2.75) is 32.5 Å². The van der Waals surface area contributed by atoms with Crippen molar-refractivity contribution >= 4 is 5.91 Å². The second-order valence-corrected chi connectivity index (χ2v) is 6.86. The molecule has 0 saturated carbocycles. The van der Waals surface area contributed by atoms with Crippen molar-refractivity contribution in [3.8, 4) is 0 Å². The third-order valence-electron chi connectivity index (χ3n) is 4.58. The van der Waals surface area contributed by atoms with Gasteiger partial charge >= 0.3 is 0 Å². The Morgan fingerprint density at radius 1 is 0.679 bits per heavy atom. The molecule has 3 heteroatoms. The maximum absolute atomic E-state index is 12.9. The lowest BCUT2D eigenvalue weighted by molar-refractivity contribution is -0.132. The third-order valence-corrected chi connectivity index (χ3v) is 4.58. The standard InChI is InChI=1S/C25H27NO2/c27-25(17-10-18-28-21-24-15-8-3-9-16-24)26(19-22-11-4-1-5-12-22)20-23-13-6-2-7-14-23/h1-9,11-16H,10,17-21H2. The first-order valence-corrected chi connectivity index (χ1v) is 9.78. The Morgan fingerprint density at radius 2 is 1.14 bits per heavy atom. The molecular weight excluding hydrogens is 346 g/mol. The van der Waals surface area contributed by atoms with Crippen LogP contribution in [0.4, 0.5) is 0 Å². The Labute approximate surface area is 167 Å². The lowest BCUT2D eigenvalue weighted by atomic mass is 10.1. The Kier molecular flexibility index (Phi) is 7.83. The van der Waals surface area contributed by atoms with Crippen LogP contribution in [0.1, 0.15) is 29.5 Å². The van der Waals surface area contributed by atoms with Crippen LogP contribution in [0.25, 0.3) is 0 Å². The SMILES string of the molecule is O=C(CCCOCc1ccccc1)N(Cc1ccccc1)Cc1ccccc1. The minimum atomic E-state index is 0.163. The van der Waals surface area contributed by atoms with E-state index in [0.29, 0.717) is 32.7 Å². The number of nitrogens with zero attached hydrogens (tertiary/aromatic N) is 1. The number of carbonyl (C=O) groups excluding carboxylic acids is 1. The van der Waals surface area contributed by atoms with Gasteiger partial charge in [0.1, 0.15) is 0 Å². The molecule has 3 nitrogen and oxygen atoms in total. The zero-order valence-electron chi connectivity index (χ0n) is 16.2. The van der Waals surface area contributed by atoms with E-state index in [9.17, 15) is 4.79 Å². The first-order valence-electron chi connectivity index (χ1n) is 9.78. The van der Waals surface area contributed by atoms with Gasteiger partial charge in [-0.15, -0.1) is 0 Å². The average Bonchev–Trinajstić information content (AvgIpc) is 2.75. The van der Waals surface area contributed by atoms with Crippen molar-refractivity contribution in [2.75, 3.05) is 6.61 Å². The summed E-state index contributed by atoms with van der Waals surface area (Å²) >= 11 is 0. The van der Waals surface area contributed by atoms with Gasteiger partial charge in [-0.05, 0) is 23.1 Å². The molecule has 0 fully saturated rings. The molecular formula is C25H27NO2. The summed E-state index contributed by atoms with van der Waals surface area (Å²) in [5.74, 6) is 0.163. The van der Waals surface area contributed by atoms with Crippen LogP contribution in [-0.4, -0.2) is 17.4 Å². The molecule has 0 unspecified atom stereocenters. The number of ether oxygens (including phenoxy) is 1. The van der Waals surface area contributed by atoms with E-state index >= 15 is 0 Å². The van der Waals surface area contributed by atoms with Crippen LogP contribution < -0.4 is 0 Å². The molecule has 0 aliphatic carbocycles. The van der Waals surface area contributed by atoms with E-state index in [0.717, 1.165) is 23.1 Å². The molecule has 1 amide bonds. The van der Waals surface area contributed by atoms with Gasteiger partial charge in [0.2, 0.25) is 5.91 Å². The molecule has 0 aromatic heterocycles. The minimum Gasteiger partial charge on any atom is -0.377 e. The van der Waals surface area contributed by atoms with Gasteiger partial charge in [0.25, 0.3) is 0 Å². The predicted octanol–water partition coefficient (Wildman–Crippen LogP) is 5.21. The van der Waals surface area contributed by atoms with E-state index in [1.54, 1.807) is 0 Å². The summed E-state index contributed by atoms with van der Waals surface area (Å²) in [6, 6.07) is 30.4. The van der Waals surface area contributed by atoms with E-state index in [2.05, 4.69) is 24.3 Å². The monoisotopic (exact) mass is 373 g/mol. The summed E-state index contributed by atoms with van der Waals surface area (Å²) in [5, 5.41) is 0. The lowest BCUT2D eigenvalue weighted by Crippen LogP contribution is -2.30. The largest absolute Gasteiger partial charge is 0.377 e. The van der Waals surface area contributed by atoms with E-state index in [-0.39, 0.29) is 5.91 Å². The van der Waals surface area contributed by atoms with E-state index in [1.807, 2.05) is 71.6 Å². The molecule has 3 aromatic carbocycles. The molecule has 0 radical (unpaired) electrons. The van der Waals surface area contributed by atoms with Crippen molar-refractivity contribution in [1.29, 1.82) is 0 Å². The Morgan fingerprint density at radius 3 is 1.64 bits per heavy atom. The number of amides is 1. The van der Waals surface area contributed by atoms with Gasteiger partial charge in [-0.25, -0.2) is 0 Å². The van der Waals surface area contributed by atoms with Crippen LogP contribution in [0, 0.1) is 0 Å². The Bertz CT molecular complexity index is 777. The Hall–Kier alpha value is -2.91. The first-order chi connectivity index (χ1) is 13.8. The van der Waals surface area contributed by atoms with Crippen molar-refractivity contribution in [3.63, 3.8) is 0 Å². The normalized spacial score (nSPS) is 10.6. The van der Waals surface area contributed by atoms with Gasteiger partial charge < -0.3 is 9.64 Å².